The summed E-state index contributed by atoms with van der Waals surface area (Å²) in [7, 11) is 1.33. The van der Waals surface area contributed by atoms with E-state index in [-0.39, 0.29) is 17.0 Å². The quantitative estimate of drug-likeness (QED) is 0.792. The highest BCUT2D eigenvalue weighted by Crippen LogP contribution is 2.35. The first kappa shape index (κ1) is 14.8. The Labute approximate surface area is 117 Å². The summed E-state index contributed by atoms with van der Waals surface area (Å²) >= 11 is 0. The van der Waals surface area contributed by atoms with Crippen LogP contribution in [0.2, 0.25) is 0 Å². The van der Waals surface area contributed by atoms with Crippen LogP contribution >= 0.6 is 0 Å². The number of hydrogen-bond acceptors (Lipinski definition) is 3. The lowest BCUT2D eigenvalue weighted by Gasteiger charge is -2.11. The number of pyridine rings is 1. The van der Waals surface area contributed by atoms with Gasteiger partial charge in [0, 0.05) is 11.6 Å². The lowest BCUT2D eigenvalue weighted by atomic mass is 9.99. The summed E-state index contributed by atoms with van der Waals surface area (Å²) in [6.45, 7) is 0. The Balaban J connectivity index is 2.59. The Kier molecular flexibility index (Phi) is 3.80. The second-order valence-corrected chi connectivity index (χ2v) is 4.08. The van der Waals surface area contributed by atoms with Crippen molar-refractivity contribution in [3.8, 4) is 23.1 Å². The van der Waals surface area contributed by atoms with E-state index in [1.54, 1.807) is 0 Å². The third-order valence-corrected chi connectivity index (χ3v) is 2.80. The molecule has 0 fully saturated rings. The van der Waals surface area contributed by atoms with Crippen molar-refractivity contribution in [3.05, 3.63) is 47.4 Å². The minimum atomic E-state index is -4.64. The second kappa shape index (κ2) is 5.40. The van der Waals surface area contributed by atoms with Gasteiger partial charge in [-0.05, 0) is 17.7 Å². The maximum absolute atomic E-state index is 13.7. The monoisotopic (exact) mass is 296 g/mol. The zero-order valence-corrected chi connectivity index (χ0v) is 10.7. The van der Waals surface area contributed by atoms with Gasteiger partial charge in [-0.1, -0.05) is 6.07 Å². The van der Waals surface area contributed by atoms with Gasteiger partial charge in [-0.3, -0.25) is 0 Å². The number of hydrogen-bond donors (Lipinski definition) is 0. The number of rotatable bonds is 2. The van der Waals surface area contributed by atoms with E-state index in [0.717, 1.165) is 24.4 Å². The molecule has 0 spiro atoms. The molecule has 1 aromatic heterocycles. The summed E-state index contributed by atoms with van der Waals surface area (Å²) in [4.78, 5) is 3.64. The van der Waals surface area contributed by atoms with Gasteiger partial charge < -0.3 is 4.74 Å². The van der Waals surface area contributed by atoms with E-state index in [1.807, 2.05) is 0 Å². The standard InChI is InChI=1S/C14H8F4N2O/c1-21-13-5-10(12(15)7-20-13)8-2-3-11(14(16,17)18)9(4-8)6-19/h2-5,7H,1H3. The zero-order valence-electron chi connectivity index (χ0n) is 10.7. The molecule has 1 heterocycles. The van der Waals surface area contributed by atoms with Gasteiger partial charge >= 0.3 is 6.18 Å². The third kappa shape index (κ3) is 2.94. The second-order valence-electron chi connectivity index (χ2n) is 4.08. The molecule has 0 amide bonds. The fourth-order valence-electron chi connectivity index (χ4n) is 1.80. The van der Waals surface area contributed by atoms with Crippen molar-refractivity contribution in [1.29, 1.82) is 5.26 Å². The van der Waals surface area contributed by atoms with Crippen molar-refractivity contribution in [2.24, 2.45) is 0 Å². The van der Waals surface area contributed by atoms with Crippen molar-refractivity contribution in [2.45, 2.75) is 6.18 Å². The molecule has 21 heavy (non-hydrogen) atoms. The molecule has 0 aliphatic rings. The first-order valence-corrected chi connectivity index (χ1v) is 5.68. The van der Waals surface area contributed by atoms with Crippen molar-refractivity contribution in [1.82, 2.24) is 4.98 Å². The number of nitrogens with zero attached hydrogens (tertiary/aromatic N) is 2. The highest BCUT2D eigenvalue weighted by atomic mass is 19.4. The smallest absolute Gasteiger partial charge is 0.417 e. The van der Waals surface area contributed by atoms with Gasteiger partial charge in [0.2, 0.25) is 5.88 Å². The van der Waals surface area contributed by atoms with Crippen molar-refractivity contribution in [3.63, 3.8) is 0 Å². The van der Waals surface area contributed by atoms with Crippen molar-refractivity contribution in [2.75, 3.05) is 7.11 Å². The molecular formula is C14H8F4N2O. The lowest BCUT2D eigenvalue weighted by Crippen LogP contribution is -2.07. The van der Waals surface area contributed by atoms with Crippen LogP contribution in [0.5, 0.6) is 5.88 Å². The van der Waals surface area contributed by atoms with Gasteiger partial charge in [0.05, 0.1) is 30.5 Å². The summed E-state index contributed by atoms with van der Waals surface area (Å²) in [6, 6.07) is 5.56. The highest BCUT2D eigenvalue weighted by molar-refractivity contribution is 5.67. The van der Waals surface area contributed by atoms with Gasteiger partial charge in [-0.25, -0.2) is 9.37 Å². The van der Waals surface area contributed by atoms with E-state index in [9.17, 15) is 17.6 Å². The van der Waals surface area contributed by atoms with Crippen LogP contribution in [-0.2, 0) is 6.18 Å². The minimum absolute atomic E-state index is 0.00655. The average molecular weight is 296 g/mol. The predicted molar refractivity (Wildman–Crippen MR) is 65.9 cm³/mol. The molecule has 0 bridgehead atoms. The number of nitriles is 1. The Morgan fingerprint density at radius 1 is 1.24 bits per heavy atom. The molecule has 0 atom stereocenters. The largest absolute Gasteiger partial charge is 0.481 e. The van der Waals surface area contributed by atoms with Crippen LogP contribution in [0.15, 0.2) is 30.5 Å². The average Bonchev–Trinajstić information content (AvgIpc) is 2.46. The molecule has 2 rings (SSSR count). The van der Waals surface area contributed by atoms with Gasteiger partial charge in [0.25, 0.3) is 0 Å². The summed E-state index contributed by atoms with van der Waals surface area (Å²) in [5.74, 6) is -0.607. The van der Waals surface area contributed by atoms with Gasteiger partial charge in [0.1, 0.15) is 5.82 Å². The maximum Gasteiger partial charge on any atom is 0.417 e. The molecule has 7 heteroatoms. The van der Waals surface area contributed by atoms with E-state index in [4.69, 9.17) is 10.00 Å². The lowest BCUT2D eigenvalue weighted by molar-refractivity contribution is -0.137. The van der Waals surface area contributed by atoms with Crippen LogP contribution in [0.25, 0.3) is 11.1 Å². The zero-order chi connectivity index (χ0) is 15.6. The van der Waals surface area contributed by atoms with Gasteiger partial charge in [0.15, 0.2) is 0 Å². The molecule has 108 valence electrons. The number of aromatic nitrogens is 1. The molecule has 0 aliphatic carbocycles. The molecular weight excluding hydrogens is 288 g/mol. The SMILES string of the molecule is COc1cc(-c2ccc(C(F)(F)F)c(C#N)c2)c(F)cn1. The minimum Gasteiger partial charge on any atom is -0.481 e. The Bertz CT molecular complexity index is 720. The maximum atomic E-state index is 13.7. The summed E-state index contributed by atoms with van der Waals surface area (Å²) in [5, 5.41) is 8.84. The molecule has 1 aromatic carbocycles. The van der Waals surface area contributed by atoms with Crippen LogP contribution in [0, 0.1) is 17.1 Å². The van der Waals surface area contributed by atoms with Gasteiger partial charge in [-0.2, -0.15) is 18.4 Å². The van der Waals surface area contributed by atoms with Crippen LogP contribution in [-0.4, -0.2) is 12.1 Å². The number of ether oxygens (including phenoxy) is 1. The van der Waals surface area contributed by atoms with Crippen molar-refractivity contribution < 1.29 is 22.3 Å². The molecule has 0 unspecified atom stereocenters. The number of alkyl halides is 3. The van der Waals surface area contributed by atoms with E-state index >= 15 is 0 Å². The summed E-state index contributed by atoms with van der Waals surface area (Å²) in [5.41, 5.74) is -1.49. The van der Waals surface area contributed by atoms with Gasteiger partial charge in [-0.15, -0.1) is 0 Å². The Morgan fingerprint density at radius 3 is 2.52 bits per heavy atom. The fraction of sp³-hybridized carbons (Fsp3) is 0.143. The normalized spacial score (nSPS) is 11.0. The molecule has 0 radical (unpaired) electrons. The van der Waals surface area contributed by atoms with Crippen LogP contribution in [0.4, 0.5) is 17.6 Å². The molecule has 0 N–H and O–H groups in total. The first-order chi connectivity index (χ1) is 9.86. The summed E-state index contributed by atoms with van der Waals surface area (Å²) in [6.07, 6.45) is -3.74. The summed E-state index contributed by atoms with van der Waals surface area (Å²) < 4.78 is 56.7. The van der Waals surface area contributed by atoms with E-state index in [0.29, 0.717) is 0 Å². The molecule has 0 saturated heterocycles. The molecule has 2 aromatic rings. The predicted octanol–water partition coefficient (Wildman–Crippen LogP) is 3.79. The fourth-order valence-corrected chi connectivity index (χ4v) is 1.80. The van der Waals surface area contributed by atoms with Crippen molar-refractivity contribution >= 4 is 0 Å². The van der Waals surface area contributed by atoms with Crippen LogP contribution in [0.3, 0.4) is 0 Å². The number of benzene rings is 1. The van der Waals surface area contributed by atoms with Crippen LogP contribution in [0.1, 0.15) is 11.1 Å². The third-order valence-electron chi connectivity index (χ3n) is 2.80. The molecule has 3 nitrogen and oxygen atoms in total. The highest BCUT2D eigenvalue weighted by Gasteiger charge is 2.33. The Morgan fingerprint density at radius 2 is 1.95 bits per heavy atom. The Hall–Kier alpha value is -2.62. The van der Waals surface area contributed by atoms with E-state index in [2.05, 4.69) is 4.98 Å². The topological polar surface area (TPSA) is 45.9 Å². The first-order valence-electron chi connectivity index (χ1n) is 5.68. The molecule has 0 aliphatic heterocycles. The molecule has 0 saturated carbocycles. The van der Waals surface area contributed by atoms with Crippen LogP contribution < -0.4 is 4.74 Å². The number of halogens is 4. The number of methoxy groups -OCH3 is 1. The van der Waals surface area contributed by atoms with E-state index in [1.165, 1.54) is 19.2 Å². The van der Waals surface area contributed by atoms with E-state index < -0.39 is 23.1 Å².